The maximum atomic E-state index is 10.3. The molecule has 0 amide bonds. The van der Waals surface area contributed by atoms with Crippen LogP contribution in [-0.2, 0) is 12.8 Å². The van der Waals surface area contributed by atoms with Crippen molar-refractivity contribution in [3.05, 3.63) is 44.8 Å². The van der Waals surface area contributed by atoms with E-state index < -0.39 is 12.2 Å². The minimum Gasteiger partial charge on any atom is -0.390 e. The van der Waals surface area contributed by atoms with Gasteiger partial charge in [-0.1, -0.05) is 36.7 Å². The molecular weight excluding hydrogens is 242 g/mol. The highest BCUT2D eigenvalue weighted by Gasteiger charge is 2.22. The number of rotatable bonds is 6. The summed E-state index contributed by atoms with van der Waals surface area (Å²) in [6.45, 7) is 5.93. The van der Waals surface area contributed by atoms with Crippen molar-refractivity contribution < 1.29 is 10.2 Å². The second kappa shape index (κ2) is 7.14. The van der Waals surface area contributed by atoms with Crippen LogP contribution in [0.2, 0.25) is 0 Å². The first-order chi connectivity index (χ1) is 9.04. The molecule has 19 heavy (non-hydrogen) atoms. The van der Waals surface area contributed by atoms with E-state index in [0.29, 0.717) is 0 Å². The van der Waals surface area contributed by atoms with Gasteiger partial charge in [-0.3, -0.25) is 0 Å². The maximum Gasteiger partial charge on any atom is 0.106 e. The largest absolute Gasteiger partial charge is 0.390 e. The van der Waals surface area contributed by atoms with Crippen LogP contribution in [0.5, 0.6) is 0 Å². The number of hydrogen-bond donors (Lipinski definition) is 2. The highest BCUT2D eigenvalue weighted by Crippen LogP contribution is 2.28. The third-order valence-electron chi connectivity index (χ3n) is 3.25. The molecule has 2 atom stereocenters. The first kappa shape index (κ1) is 15.5. The predicted octanol–water partition coefficient (Wildman–Crippen LogP) is 2.82. The SMILES string of the molecule is CCc1cc(C)cc(CC)c1C(O)C(O)CN=[N+]=[N-]. The van der Waals surface area contributed by atoms with Crippen molar-refractivity contribution >= 4 is 0 Å². The zero-order valence-electron chi connectivity index (χ0n) is 11.7. The Bertz CT molecular complexity index is 457. The number of aryl methyl sites for hydroxylation is 3. The summed E-state index contributed by atoms with van der Waals surface area (Å²) in [5, 5.41) is 23.5. The van der Waals surface area contributed by atoms with Gasteiger partial charge in [0.25, 0.3) is 0 Å². The summed E-state index contributed by atoms with van der Waals surface area (Å²) in [6, 6.07) is 4.05. The van der Waals surface area contributed by atoms with Gasteiger partial charge in [0.05, 0.1) is 12.6 Å². The van der Waals surface area contributed by atoms with Gasteiger partial charge in [-0.25, -0.2) is 0 Å². The topological polar surface area (TPSA) is 89.2 Å². The molecule has 5 heteroatoms. The van der Waals surface area contributed by atoms with Crippen LogP contribution in [0.4, 0.5) is 0 Å². The molecule has 0 aliphatic carbocycles. The molecule has 5 nitrogen and oxygen atoms in total. The lowest BCUT2D eigenvalue weighted by Gasteiger charge is -2.23. The highest BCUT2D eigenvalue weighted by atomic mass is 16.3. The molecule has 1 rings (SSSR count). The molecule has 1 aromatic carbocycles. The first-order valence-electron chi connectivity index (χ1n) is 6.54. The zero-order valence-corrected chi connectivity index (χ0v) is 11.7. The van der Waals surface area contributed by atoms with Gasteiger partial charge in [0, 0.05) is 4.91 Å². The van der Waals surface area contributed by atoms with Crippen molar-refractivity contribution in [1.82, 2.24) is 0 Å². The van der Waals surface area contributed by atoms with Crippen LogP contribution in [0.25, 0.3) is 10.4 Å². The maximum absolute atomic E-state index is 10.3. The Morgan fingerprint density at radius 2 is 1.74 bits per heavy atom. The molecule has 0 aromatic heterocycles. The molecular formula is C14H21N3O2. The lowest BCUT2D eigenvalue weighted by Crippen LogP contribution is -2.23. The average Bonchev–Trinajstić information content (AvgIpc) is 2.42. The van der Waals surface area contributed by atoms with Gasteiger partial charge in [-0.05, 0) is 42.0 Å². The monoisotopic (exact) mass is 263 g/mol. The quantitative estimate of drug-likeness (QED) is 0.469. The third kappa shape index (κ3) is 3.70. The first-order valence-corrected chi connectivity index (χ1v) is 6.54. The molecule has 0 spiro atoms. The lowest BCUT2D eigenvalue weighted by atomic mass is 9.89. The van der Waals surface area contributed by atoms with Gasteiger partial charge in [-0.2, -0.15) is 0 Å². The van der Waals surface area contributed by atoms with Gasteiger partial charge in [-0.15, -0.1) is 0 Å². The van der Waals surface area contributed by atoms with E-state index in [9.17, 15) is 10.2 Å². The van der Waals surface area contributed by atoms with Crippen molar-refractivity contribution in [3.8, 4) is 0 Å². The van der Waals surface area contributed by atoms with E-state index in [1.54, 1.807) is 0 Å². The van der Waals surface area contributed by atoms with E-state index in [2.05, 4.69) is 10.0 Å². The lowest BCUT2D eigenvalue weighted by molar-refractivity contribution is 0.0234. The molecule has 0 heterocycles. The molecule has 0 saturated carbocycles. The fourth-order valence-corrected chi connectivity index (χ4v) is 2.33. The summed E-state index contributed by atoms with van der Waals surface area (Å²) in [5.74, 6) is 0. The van der Waals surface area contributed by atoms with Crippen molar-refractivity contribution in [2.45, 2.75) is 45.8 Å². The van der Waals surface area contributed by atoms with Crippen LogP contribution in [0.3, 0.4) is 0 Å². The number of aliphatic hydroxyl groups excluding tert-OH is 2. The van der Waals surface area contributed by atoms with E-state index in [4.69, 9.17) is 5.53 Å². The van der Waals surface area contributed by atoms with Crippen LogP contribution < -0.4 is 0 Å². The zero-order chi connectivity index (χ0) is 14.4. The molecule has 0 bridgehead atoms. The fraction of sp³-hybridized carbons (Fsp3) is 0.571. The minimum absolute atomic E-state index is 0.127. The number of aliphatic hydroxyl groups is 2. The predicted molar refractivity (Wildman–Crippen MR) is 74.9 cm³/mol. The average molecular weight is 263 g/mol. The molecule has 2 unspecified atom stereocenters. The number of hydrogen-bond acceptors (Lipinski definition) is 3. The van der Waals surface area contributed by atoms with E-state index in [1.165, 1.54) is 0 Å². The minimum atomic E-state index is -1.07. The summed E-state index contributed by atoms with van der Waals surface area (Å²) in [4.78, 5) is 2.60. The Balaban J connectivity index is 3.19. The summed E-state index contributed by atoms with van der Waals surface area (Å²) < 4.78 is 0. The molecule has 2 N–H and O–H groups in total. The van der Waals surface area contributed by atoms with Crippen molar-refractivity contribution in [2.75, 3.05) is 6.54 Å². The van der Waals surface area contributed by atoms with Crippen molar-refractivity contribution in [3.63, 3.8) is 0 Å². The van der Waals surface area contributed by atoms with Gasteiger partial charge in [0.2, 0.25) is 0 Å². The molecule has 0 radical (unpaired) electrons. The highest BCUT2D eigenvalue weighted by molar-refractivity contribution is 5.41. The number of nitrogens with zero attached hydrogens (tertiary/aromatic N) is 3. The molecule has 0 aliphatic heterocycles. The summed E-state index contributed by atoms with van der Waals surface area (Å²) in [6.07, 6.45) is -0.518. The van der Waals surface area contributed by atoms with Crippen LogP contribution >= 0.6 is 0 Å². The smallest absolute Gasteiger partial charge is 0.106 e. The fourth-order valence-electron chi connectivity index (χ4n) is 2.33. The third-order valence-corrected chi connectivity index (χ3v) is 3.25. The van der Waals surface area contributed by atoms with Crippen LogP contribution in [0, 0.1) is 6.92 Å². The summed E-state index contributed by atoms with van der Waals surface area (Å²) >= 11 is 0. The number of azide groups is 1. The van der Waals surface area contributed by atoms with Gasteiger partial charge in [0.1, 0.15) is 6.10 Å². The Morgan fingerprint density at radius 1 is 1.21 bits per heavy atom. The second-order valence-electron chi connectivity index (χ2n) is 4.63. The van der Waals surface area contributed by atoms with E-state index in [0.717, 1.165) is 35.1 Å². The van der Waals surface area contributed by atoms with Crippen LogP contribution in [0.1, 0.15) is 42.2 Å². The normalized spacial score (nSPS) is 13.7. The molecule has 0 fully saturated rings. The van der Waals surface area contributed by atoms with Crippen LogP contribution in [0.15, 0.2) is 17.2 Å². The molecule has 104 valence electrons. The Morgan fingerprint density at radius 3 is 2.16 bits per heavy atom. The summed E-state index contributed by atoms with van der Waals surface area (Å²) in [5.41, 5.74) is 12.3. The van der Waals surface area contributed by atoms with Gasteiger partial charge in [0.15, 0.2) is 0 Å². The molecule has 1 aromatic rings. The number of benzene rings is 1. The van der Waals surface area contributed by atoms with E-state index in [1.807, 2.05) is 32.9 Å². The van der Waals surface area contributed by atoms with E-state index >= 15 is 0 Å². The second-order valence-corrected chi connectivity index (χ2v) is 4.63. The Hall–Kier alpha value is -1.55. The molecule has 0 aliphatic rings. The Kier molecular flexibility index (Phi) is 5.83. The van der Waals surface area contributed by atoms with E-state index in [-0.39, 0.29) is 6.54 Å². The van der Waals surface area contributed by atoms with Gasteiger partial charge >= 0.3 is 0 Å². The Labute approximate surface area is 113 Å². The van der Waals surface area contributed by atoms with Gasteiger partial charge < -0.3 is 10.2 Å². The van der Waals surface area contributed by atoms with Crippen molar-refractivity contribution in [1.29, 1.82) is 0 Å². The standard InChI is InChI=1S/C14H21N3O2/c1-4-10-6-9(3)7-11(5-2)13(10)14(19)12(18)8-16-17-15/h6-7,12,14,18-19H,4-5,8H2,1-3H3. The van der Waals surface area contributed by atoms with Crippen molar-refractivity contribution in [2.24, 2.45) is 5.11 Å². The molecule has 0 saturated heterocycles. The summed E-state index contributed by atoms with van der Waals surface area (Å²) in [7, 11) is 0. The van der Waals surface area contributed by atoms with Crippen LogP contribution in [-0.4, -0.2) is 22.9 Å².